The number of nitrogens with two attached hydrogens (primary N) is 1. The van der Waals surface area contributed by atoms with Crippen LogP contribution in [0.5, 0.6) is 0 Å². The summed E-state index contributed by atoms with van der Waals surface area (Å²) in [6.07, 6.45) is 4.25. The highest BCUT2D eigenvalue weighted by Gasteiger charge is 1.96. The fourth-order valence-corrected chi connectivity index (χ4v) is 1.09. The topological polar surface area (TPSA) is 73.1 Å². The lowest BCUT2D eigenvalue weighted by molar-refractivity contribution is 0.132. The summed E-state index contributed by atoms with van der Waals surface area (Å²) in [6, 6.07) is 0. The molecule has 0 fully saturated rings. The zero-order valence-corrected chi connectivity index (χ0v) is 9.94. The summed E-state index contributed by atoms with van der Waals surface area (Å²) in [7, 11) is 0. The van der Waals surface area contributed by atoms with Gasteiger partial charge in [0.1, 0.15) is 0 Å². The third-order valence-electron chi connectivity index (χ3n) is 2.04. The van der Waals surface area contributed by atoms with E-state index >= 15 is 0 Å². The molecule has 16 heavy (non-hydrogen) atoms. The maximum absolute atomic E-state index is 5.47. The van der Waals surface area contributed by atoms with Crippen molar-refractivity contribution in [2.45, 2.75) is 20.3 Å². The Hall–Kier alpha value is -1.36. The van der Waals surface area contributed by atoms with Gasteiger partial charge in [-0.05, 0) is 12.3 Å². The van der Waals surface area contributed by atoms with Gasteiger partial charge in [-0.2, -0.15) is 0 Å². The predicted molar refractivity (Wildman–Crippen MR) is 65.2 cm³/mol. The number of hydrogen-bond acceptors (Lipinski definition) is 5. The number of aromatic nitrogens is 2. The van der Waals surface area contributed by atoms with Crippen molar-refractivity contribution in [3.05, 3.63) is 12.4 Å². The molecule has 5 heteroatoms. The van der Waals surface area contributed by atoms with Gasteiger partial charge in [0.05, 0.1) is 24.7 Å². The summed E-state index contributed by atoms with van der Waals surface area (Å²) in [5.41, 5.74) is 6.04. The Morgan fingerprint density at radius 2 is 2.00 bits per heavy atom. The molecular weight excluding hydrogens is 204 g/mol. The highest BCUT2D eigenvalue weighted by molar-refractivity contribution is 5.35. The standard InChI is InChI=1S/C11H20N4O/c1-9(2)3-5-16-6-4-13-11-14-7-10(12)8-15-11/h7-9H,3-6,12H2,1-2H3,(H,13,14,15). The van der Waals surface area contributed by atoms with Crippen LogP contribution in [0.3, 0.4) is 0 Å². The van der Waals surface area contributed by atoms with Gasteiger partial charge in [0.25, 0.3) is 0 Å². The Morgan fingerprint density at radius 3 is 2.62 bits per heavy atom. The van der Waals surface area contributed by atoms with Crippen molar-refractivity contribution in [3.8, 4) is 0 Å². The molecule has 0 amide bonds. The SMILES string of the molecule is CC(C)CCOCCNc1ncc(N)cn1. The van der Waals surface area contributed by atoms with E-state index < -0.39 is 0 Å². The number of anilines is 2. The second-order valence-corrected chi connectivity index (χ2v) is 4.06. The molecule has 1 aromatic rings. The summed E-state index contributed by atoms with van der Waals surface area (Å²) in [6.45, 7) is 6.55. The van der Waals surface area contributed by atoms with E-state index in [4.69, 9.17) is 10.5 Å². The van der Waals surface area contributed by atoms with Crippen molar-refractivity contribution in [1.82, 2.24) is 9.97 Å². The Balaban J connectivity index is 2.05. The molecule has 0 unspecified atom stereocenters. The molecule has 0 aliphatic heterocycles. The van der Waals surface area contributed by atoms with E-state index in [9.17, 15) is 0 Å². The van der Waals surface area contributed by atoms with Gasteiger partial charge in [0.2, 0.25) is 5.95 Å². The minimum atomic E-state index is 0.568. The monoisotopic (exact) mass is 224 g/mol. The van der Waals surface area contributed by atoms with Gasteiger partial charge in [-0.1, -0.05) is 13.8 Å². The van der Waals surface area contributed by atoms with Crippen molar-refractivity contribution in [1.29, 1.82) is 0 Å². The first-order valence-corrected chi connectivity index (χ1v) is 5.57. The van der Waals surface area contributed by atoms with Gasteiger partial charge in [-0.25, -0.2) is 9.97 Å². The normalized spacial score (nSPS) is 10.7. The molecule has 0 aliphatic rings. The van der Waals surface area contributed by atoms with E-state index in [-0.39, 0.29) is 0 Å². The molecule has 1 heterocycles. The molecule has 0 radical (unpaired) electrons. The van der Waals surface area contributed by atoms with Gasteiger partial charge >= 0.3 is 0 Å². The molecule has 0 aliphatic carbocycles. The number of nitrogens with zero attached hydrogens (tertiary/aromatic N) is 2. The van der Waals surface area contributed by atoms with Crippen molar-refractivity contribution < 1.29 is 4.74 Å². The van der Waals surface area contributed by atoms with Crippen LogP contribution in [0.15, 0.2) is 12.4 Å². The zero-order chi connectivity index (χ0) is 11.8. The van der Waals surface area contributed by atoms with Crippen LogP contribution in [0.2, 0.25) is 0 Å². The highest BCUT2D eigenvalue weighted by atomic mass is 16.5. The molecule has 3 N–H and O–H groups in total. The third-order valence-corrected chi connectivity index (χ3v) is 2.04. The average Bonchev–Trinajstić information content (AvgIpc) is 2.25. The smallest absolute Gasteiger partial charge is 0.222 e. The minimum Gasteiger partial charge on any atom is -0.396 e. The van der Waals surface area contributed by atoms with Gasteiger partial charge < -0.3 is 15.8 Å². The lowest BCUT2D eigenvalue weighted by atomic mass is 10.1. The number of ether oxygens (including phenoxy) is 1. The quantitative estimate of drug-likeness (QED) is 0.687. The van der Waals surface area contributed by atoms with Crippen molar-refractivity contribution in [2.24, 2.45) is 5.92 Å². The lowest BCUT2D eigenvalue weighted by Crippen LogP contribution is -2.12. The molecule has 5 nitrogen and oxygen atoms in total. The van der Waals surface area contributed by atoms with Crippen LogP contribution < -0.4 is 11.1 Å². The fraction of sp³-hybridized carbons (Fsp3) is 0.636. The van der Waals surface area contributed by atoms with Gasteiger partial charge in [0.15, 0.2) is 0 Å². The summed E-state index contributed by atoms with van der Waals surface area (Å²) in [5, 5.41) is 3.06. The molecule has 0 saturated carbocycles. The van der Waals surface area contributed by atoms with Crippen LogP contribution in [0.4, 0.5) is 11.6 Å². The van der Waals surface area contributed by atoms with Gasteiger partial charge in [0, 0.05) is 13.2 Å². The third kappa shape index (κ3) is 5.50. The Kier molecular flexibility index (Phi) is 5.56. The molecule has 1 aromatic heterocycles. The summed E-state index contributed by atoms with van der Waals surface area (Å²) in [5.74, 6) is 1.27. The van der Waals surface area contributed by atoms with Crippen molar-refractivity contribution >= 4 is 11.6 Å². The van der Waals surface area contributed by atoms with Crippen LogP contribution in [-0.4, -0.2) is 29.7 Å². The maximum atomic E-state index is 5.47. The first-order valence-electron chi connectivity index (χ1n) is 5.57. The molecule has 0 saturated heterocycles. The van der Waals surface area contributed by atoms with E-state index in [1.54, 1.807) is 12.4 Å². The summed E-state index contributed by atoms with van der Waals surface area (Å²) < 4.78 is 5.45. The molecule has 0 aromatic carbocycles. The lowest BCUT2D eigenvalue weighted by Gasteiger charge is -2.07. The summed E-state index contributed by atoms with van der Waals surface area (Å²) in [4.78, 5) is 8.04. The van der Waals surface area contributed by atoms with Gasteiger partial charge in [-0.3, -0.25) is 0 Å². The molecule has 90 valence electrons. The predicted octanol–water partition coefficient (Wildman–Crippen LogP) is 1.53. The number of rotatable bonds is 7. The maximum Gasteiger partial charge on any atom is 0.222 e. The average molecular weight is 224 g/mol. The molecular formula is C11H20N4O. The van der Waals surface area contributed by atoms with Gasteiger partial charge in [-0.15, -0.1) is 0 Å². The van der Waals surface area contributed by atoms with E-state index in [1.807, 2.05) is 0 Å². The van der Waals surface area contributed by atoms with E-state index in [2.05, 4.69) is 29.1 Å². The van der Waals surface area contributed by atoms with Crippen molar-refractivity contribution in [3.63, 3.8) is 0 Å². The highest BCUT2D eigenvalue weighted by Crippen LogP contribution is 2.00. The Labute approximate surface area is 96.4 Å². The van der Waals surface area contributed by atoms with Crippen LogP contribution in [0.1, 0.15) is 20.3 Å². The van der Waals surface area contributed by atoms with E-state index in [0.717, 1.165) is 13.0 Å². The van der Waals surface area contributed by atoms with Crippen molar-refractivity contribution in [2.75, 3.05) is 30.8 Å². The molecule has 1 rings (SSSR count). The summed E-state index contributed by atoms with van der Waals surface area (Å²) >= 11 is 0. The minimum absolute atomic E-state index is 0.568. The van der Waals surface area contributed by atoms with E-state index in [1.165, 1.54) is 0 Å². The fourth-order valence-electron chi connectivity index (χ4n) is 1.09. The zero-order valence-electron chi connectivity index (χ0n) is 9.94. The van der Waals surface area contributed by atoms with Crippen LogP contribution in [-0.2, 0) is 4.74 Å². The number of nitrogens with one attached hydrogen (secondary N) is 1. The van der Waals surface area contributed by atoms with Crippen LogP contribution in [0, 0.1) is 5.92 Å². The molecule has 0 bridgehead atoms. The second kappa shape index (κ2) is 7.00. The van der Waals surface area contributed by atoms with Crippen LogP contribution >= 0.6 is 0 Å². The second-order valence-electron chi connectivity index (χ2n) is 4.06. The first kappa shape index (κ1) is 12.7. The molecule has 0 spiro atoms. The molecule has 0 atom stereocenters. The Bertz CT molecular complexity index is 287. The number of nitrogen functional groups attached to an aromatic ring is 1. The largest absolute Gasteiger partial charge is 0.396 e. The van der Waals surface area contributed by atoms with Crippen LogP contribution in [0.25, 0.3) is 0 Å². The Morgan fingerprint density at radius 1 is 1.31 bits per heavy atom. The van der Waals surface area contributed by atoms with E-state index in [0.29, 0.717) is 30.7 Å². The number of hydrogen-bond donors (Lipinski definition) is 2. The first-order chi connectivity index (χ1) is 7.68.